The minimum atomic E-state index is 0.163. The Bertz CT molecular complexity index is 863. The molecule has 2 aromatic carbocycles. The number of hydrogen-bond donors (Lipinski definition) is 1. The van der Waals surface area contributed by atoms with Crippen molar-refractivity contribution in [3.05, 3.63) is 71.9 Å². The number of nitrogens with zero attached hydrogens (tertiary/aromatic N) is 3. The van der Waals surface area contributed by atoms with Crippen LogP contribution in [0.15, 0.2) is 60.7 Å². The fourth-order valence-electron chi connectivity index (χ4n) is 2.75. The number of benzene rings is 2. The van der Waals surface area contributed by atoms with Crippen LogP contribution < -0.4 is 15.0 Å². The molecule has 0 saturated carbocycles. The summed E-state index contributed by atoms with van der Waals surface area (Å²) in [6.07, 6.45) is 0.163. The first kappa shape index (κ1) is 18.7. The number of ether oxygens (including phenoxy) is 1. The van der Waals surface area contributed by atoms with Gasteiger partial charge in [0.25, 0.3) is 0 Å². The van der Waals surface area contributed by atoms with Gasteiger partial charge in [0.1, 0.15) is 11.6 Å². The molecule has 5 heteroatoms. The van der Waals surface area contributed by atoms with Gasteiger partial charge in [0.05, 0.1) is 6.10 Å². The molecule has 0 fully saturated rings. The zero-order chi connectivity index (χ0) is 19.2. The summed E-state index contributed by atoms with van der Waals surface area (Å²) < 4.78 is 5.69. The van der Waals surface area contributed by atoms with Crippen molar-refractivity contribution in [1.82, 2.24) is 9.97 Å². The van der Waals surface area contributed by atoms with E-state index in [1.54, 1.807) is 0 Å². The number of aryl methyl sites for hydroxylation is 1. The van der Waals surface area contributed by atoms with Crippen molar-refractivity contribution in [3.63, 3.8) is 0 Å². The van der Waals surface area contributed by atoms with Gasteiger partial charge in [-0.15, -0.1) is 0 Å². The van der Waals surface area contributed by atoms with Crippen LogP contribution in [0.2, 0.25) is 0 Å². The van der Waals surface area contributed by atoms with Gasteiger partial charge in [-0.1, -0.05) is 30.3 Å². The fourth-order valence-corrected chi connectivity index (χ4v) is 2.75. The van der Waals surface area contributed by atoms with E-state index < -0.39 is 0 Å². The normalized spacial score (nSPS) is 10.7. The first-order valence-corrected chi connectivity index (χ1v) is 9.14. The lowest BCUT2D eigenvalue weighted by molar-refractivity contribution is 0.242. The smallest absolute Gasteiger partial charge is 0.227 e. The predicted octanol–water partition coefficient (Wildman–Crippen LogP) is 4.95. The average Bonchev–Trinajstić information content (AvgIpc) is 2.63. The van der Waals surface area contributed by atoms with Crippen molar-refractivity contribution in [2.75, 3.05) is 17.3 Å². The van der Waals surface area contributed by atoms with Gasteiger partial charge in [-0.05, 0) is 50.6 Å². The molecular formula is C22H26N4O. The van der Waals surface area contributed by atoms with Crippen LogP contribution in [0.25, 0.3) is 0 Å². The molecule has 1 heterocycles. The summed E-state index contributed by atoms with van der Waals surface area (Å²) >= 11 is 0. The largest absolute Gasteiger partial charge is 0.491 e. The minimum Gasteiger partial charge on any atom is -0.491 e. The van der Waals surface area contributed by atoms with Crippen molar-refractivity contribution in [3.8, 4) is 5.75 Å². The average molecular weight is 362 g/mol. The monoisotopic (exact) mass is 362 g/mol. The van der Waals surface area contributed by atoms with Gasteiger partial charge >= 0.3 is 0 Å². The molecule has 3 aromatic rings. The van der Waals surface area contributed by atoms with E-state index >= 15 is 0 Å². The molecule has 0 unspecified atom stereocenters. The third-order valence-electron chi connectivity index (χ3n) is 3.94. The Kier molecular flexibility index (Phi) is 5.91. The molecule has 140 valence electrons. The molecular weight excluding hydrogens is 336 g/mol. The van der Waals surface area contributed by atoms with Gasteiger partial charge in [0.2, 0.25) is 5.95 Å². The highest BCUT2D eigenvalue weighted by molar-refractivity contribution is 5.58. The zero-order valence-electron chi connectivity index (χ0n) is 16.3. The Balaban J connectivity index is 1.73. The summed E-state index contributed by atoms with van der Waals surface area (Å²) in [4.78, 5) is 11.3. The molecule has 0 saturated heterocycles. The van der Waals surface area contributed by atoms with Crippen LogP contribution >= 0.6 is 0 Å². The number of aromatic nitrogens is 2. The van der Waals surface area contributed by atoms with Crippen LogP contribution in [0.1, 0.15) is 25.1 Å². The van der Waals surface area contributed by atoms with E-state index in [4.69, 9.17) is 4.74 Å². The van der Waals surface area contributed by atoms with E-state index in [2.05, 4.69) is 27.4 Å². The molecule has 3 rings (SSSR count). The molecule has 0 amide bonds. The third-order valence-corrected chi connectivity index (χ3v) is 3.94. The molecule has 1 aromatic heterocycles. The van der Waals surface area contributed by atoms with Gasteiger partial charge in [0.15, 0.2) is 0 Å². The fraction of sp³-hybridized carbons (Fsp3) is 0.273. The first-order chi connectivity index (χ1) is 13.0. The summed E-state index contributed by atoms with van der Waals surface area (Å²) in [7, 11) is 2.00. The highest BCUT2D eigenvalue weighted by atomic mass is 16.5. The van der Waals surface area contributed by atoms with Crippen LogP contribution in [-0.4, -0.2) is 23.1 Å². The lowest BCUT2D eigenvalue weighted by Gasteiger charge is -2.19. The summed E-state index contributed by atoms with van der Waals surface area (Å²) in [6, 6.07) is 20.1. The maximum absolute atomic E-state index is 5.69. The number of rotatable bonds is 7. The molecule has 27 heavy (non-hydrogen) atoms. The van der Waals surface area contributed by atoms with E-state index in [1.807, 2.05) is 81.2 Å². The molecule has 0 aliphatic rings. The second kappa shape index (κ2) is 8.54. The summed E-state index contributed by atoms with van der Waals surface area (Å²) in [5.41, 5.74) is 3.10. The van der Waals surface area contributed by atoms with Crippen LogP contribution in [0.3, 0.4) is 0 Å². The van der Waals surface area contributed by atoms with E-state index in [0.29, 0.717) is 5.95 Å². The molecule has 0 aliphatic carbocycles. The van der Waals surface area contributed by atoms with Crippen LogP contribution in [0, 0.1) is 6.92 Å². The number of anilines is 3. The summed E-state index contributed by atoms with van der Waals surface area (Å²) in [5, 5.41) is 3.35. The van der Waals surface area contributed by atoms with Crippen molar-refractivity contribution in [2.24, 2.45) is 0 Å². The summed E-state index contributed by atoms with van der Waals surface area (Å²) in [5.74, 6) is 2.33. The molecule has 0 bridgehead atoms. The number of nitrogens with one attached hydrogen (secondary N) is 1. The Hall–Kier alpha value is -3.08. The lowest BCUT2D eigenvalue weighted by Crippen LogP contribution is -2.19. The lowest BCUT2D eigenvalue weighted by atomic mass is 10.2. The van der Waals surface area contributed by atoms with Gasteiger partial charge < -0.3 is 15.0 Å². The topological polar surface area (TPSA) is 50.3 Å². The maximum Gasteiger partial charge on any atom is 0.227 e. The predicted molar refractivity (Wildman–Crippen MR) is 111 cm³/mol. The van der Waals surface area contributed by atoms with Crippen molar-refractivity contribution in [2.45, 2.75) is 33.4 Å². The second-order valence-electron chi connectivity index (χ2n) is 6.85. The zero-order valence-corrected chi connectivity index (χ0v) is 16.3. The SMILES string of the molecule is Cc1cc(Nc2ccc(OC(C)C)cc2)nc(N(C)Cc2ccccc2)n1. The standard InChI is InChI=1S/C22H26N4O/c1-16(2)27-20-12-10-19(11-13-20)24-21-14-17(3)23-22(25-21)26(4)15-18-8-6-5-7-9-18/h5-14,16H,15H2,1-4H3,(H,23,24,25). The van der Waals surface area contributed by atoms with E-state index in [-0.39, 0.29) is 6.10 Å². The van der Waals surface area contributed by atoms with Crippen LogP contribution in [-0.2, 0) is 6.54 Å². The maximum atomic E-state index is 5.69. The molecule has 0 atom stereocenters. The van der Waals surface area contributed by atoms with Crippen molar-refractivity contribution >= 4 is 17.5 Å². The van der Waals surface area contributed by atoms with Gasteiger partial charge in [0, 0.05) is 31.0 Å². The van der Waals surface area contributed by atoms with Crippen molar-refractivity contribution < 1.29 is 4.74 Å². The molecule has 0 radical (unpaired) electrons. The highest BCUT2D eigenvalue weighted by Gasteiger charge is 2.09. The van der Waals surface area contributed by atoms with Gasteiger partial charge in [-0.3, -0.25) is 0 Å². The molecule has 5 nitrogen and oxygen atoms in total. The Morgan fingerprint density at radius 1 is 1.00 bits per heavy atom. The van der Waals surface area contributed by atoms with Gasteiger partial charge in [-0.2, -0.15) is 4.98 Å². The minimum absolute atomic E-state index is 0.163. The molecule has 0 aliphatic heterocycles. The highest BCUT2D eigenvalue weighted by Crippen LogP contribution is 2.22. The van der Waals surface area contributed by atoms with Crippen LogP contribution in [0.5, 0.6) is 5.75 Å². The van der Waals surface area contributed by atoms with E-state index in [0.717, 1.165) is 29.5 Å². The molecule has 1 N–H and O–H groups in total. The second-order valence-corrected chi connectivity index (χ2v) is 6.85. The third kappa shape index (κ3) is 5.45. The first-order valence-electron chi connectivity index (χ1n) is 9.14. The van der Waals surface area contributed by atoms with Crippen molar-refractivity contribution in [1.29, 1.82) is 0 Å². The Morgan fingerprint density at radius 3 is 2.37 bits per heavy atom. The number of hydrogen-bond acceptors (Lipinski definition) is 5. The summed E-state index contributed by atoms with van der Waals surface area (Å²) in [6.45, 7) is 6.77. The Labute approximate surface area is 161 Å². The quantitative estimate of drug-likeness (QED) is 0.644. The Morgan fingerprint density at radius 2 is 1.70 bits per heavy atom. The van der Waals surface area contributed by atoms with E-state index in [1.165, 1.54) is 5.56 Å². The molecule has 0 spiro atoms. The van der Waals surface area contributed by atoms with Gasteiger partial charge in [-0.25, -0.2) is 4.98 Å². The van der Waals surface area contributed by atoms with Crippen LogP contribution in [0.4, 0.5) is 17.5 Å². The van der Waals surface area contributed by atoms with E-state index in [9.17, 15) is 0 Å².